The maximum atomic E-state index is 11.4. The summed E-state index contributed by atoms with van der Waals surface area (Å²) in [5.74, 6) is 0.0602. The van der Waals surface area contributed by atoms with Gasteiger partial charge in [0.1, 0.15) is 0 Å². The molecule has 92 valence electrons. The van der Waals surface area contributed by atoms with E-state index in [1.54, 1.807) is 11.3 Å². The molecule has 0 bridgehead atoms. The first-order valence-electron chi connectivity index (χ1n) is 4.84. The third kappa shape index (κ3) is 6.48. The van der Waals surface area contributed by atoms with Gasteiger partial charge in [0.2, 0.25) is 5.91 Å². The van der Waals surface area contributed by atoms with Crippen LogP contribution in [-0.2, 0) is 11.2 Å². The Morgan fingerprint density at radius 3 is 2.81 bits per heavy atom. The minimum atomic E-state index is 0. The average molecular weight is 328 g/mol. The molecule has 0 saturated carbocycles. The van der Waals surface area contributed by atoms with E-state index in [2.05, 4.69) is 21.2 Å². The van der Waals surface area contributed by atoms with Crippen molar-refractivity contribution in [3.63, 3.8) is 0 Å². The molecule has 1 aromatic heterocycles. The lowest BCUT2D eigenvalue weighted by Crippen LogP contribution is -2.29. The van der Waals surface area contributed by atoms with E-state index >= 15 is 0 Å². The van der Waals surface area contributed by atoms with E-state index < -0.39 is 0 Å². The first-order chi connectivity index (χ1) is 7.08. The molecule has 1 unspecified atom stereocenters. The topological polar surface area (TPSA) is 55.1 Å². The summed E-state index contributed by atoms with van der Waals surface area (Å²) in [4.78, 5) is 12.5. The zero-order valence-corrected chi connectivity index (χ0v) is 12.3. The van der Waals surface area contributed by atoms with E-state index in [1.165, 1.54) is 0 Å². The fourth-order valence-corrected chi connectivity index (χ4v) is 2.59. The minimum absolute atomic E-state index is 0. The molecule has 0 aliphatic heterocycles. The molecule has 1 amide bonds. The summed E-state index contributed by atoms with van der Waals surface area (Å²) in [5, 5.41) is 2.84. The van der Waals surface area contributed by atoms with Gasteiger partial charge in [-0.25, -0.2) is 0 Å². The lowest BCUT2D eigenvalue weighted by Gasteiger charge is -2.06. The molecule has 1 atom stereocenters. The van der Waals surface area contributed by atoms with Crippen molar-refractivity contribution in [1.82, 2.24) is 5.32 Å². The molecule has 3 nitrogen and oxygen atoms in total. The molecule has 16 heavy (non-hydrogen) atoms. The zero-order valence-electron chi connectivity index (χ0n) is 9.03. The molecule has 0 aromatic carbocycles. The molecule has 0 saturated heterocycles. The highest BCUT2D eigenvalue weighted by Crippen LogP contribution is 2.22. The van der Waals surface area contributed by atoms with E-state index in [1.807, 2.05) is 19.1 Å². The number of hydrogen-bond acceptors (Lipinski definition) is 3. The fraction of sp³-hybridized carbons (Fsp3) is 0.500. The third-order valence-corrected chi connectivity index (χ3v) is 3.51. The van der Waals surface area contributed by atoms with Gasteiger partial charge in [-0.3, -0.25) is 4.79 Å². The van der Waals surface area contributed by atoms with Crippen LogP contribution in [0.3, 0.4) is 0 Å². The van der Waals surface area contributed by atoms with Crippen molar-refractivity contribution < 1.29 is 4.79 Å². The molecule has 0 aliphatic carbocycles. The van der Waals surface area contributed by atoms with Crippen LogP contribution in [0.15, 0.2) is 15.9 Å². The summed E-state index contributed by atoms with van der Waals surface area (Å²) in [7, 11) is 0. The van der Waals surface area contributed by atoms with E-state index in [0.717, 1.165) is 15.1 Å². The van der Waals surface area contributed by atoms with Crippen LogP contribution < -0.4 is 11.1 Å². The predicted octanol–water partition coefficient (Wildman–Crippen LogP) is 2.33. The molecule has 0 aliphatic rings. The number of amides is 1. The Kier molecular flexibility index (Phi) is 8.01. The van der Waals surface area contributed by atoms with Crippen LogP contribution in [0, 0.1) is 0 Å². The number of thiophene rings is 1. The molecular formula is C10H16BrClN2OS. The van der Waals surface area contributed by atoms with E-state index in [9.17, 15) is 4.79 Å². The Hall–Kier alpha value is -0.100. The summed E-state index contributed by atoms with van der Waals surface area (Å²) < 4.78 is 1.06. The number of carbonyl (C=O) groups excluding carboxylic acids is 1. The Morgan fingerprint density at radius 1 is 1.62 bits per heavy atom. The summed E-state index contributed by atoms with van der Waals surface area (Å²) >= 11 is 4.95. The third-order valence-electron chi connectivity index (χ3n) is 1.89. The second kappa shape index (κ2) is 8.06. The molecule has 0 fully saturated rings. The van der Waals surface area contributed by atoms with Crippen LogP contribution in [0.2, 0.25) is 0 Å². The Morgan fingerprint density at radius 2 is 2.31 bits per heavy atom. The van der Waals surface area contributed by atoms with E-state index in [-0.39, 0.29) is 24.4 Å². The Labute approximate surface area is 114 Å². The monoisotopic (exact) mass is 326 g/mol. The lowest BCUT2D eigenvalue weighted by atomic mass is 10.2. The lowest BCUT2D eigenvalue weighted by molar-refractivity contribution is -0.120. The molecule has 1 aromatic rings. The SMILES string of the molecule is CC(N)CCNC(=O)Cc1ccc(Br)s1.Cl. The van der Waals surface area contributed by atoms with Crippen LogP contribution >= 0.6 is 39.7 Å². The van der Waals surface area contributed by atoms with Gasteiger partial charge in [0.05, 0.1) is 10.2 Å². The number of hydrogen-bond donors (Lipinski definition) is 2. The maximum absolute atomic E-state index is 11.4. The van der Waals surface area contributed by atoms with E-state index in [4.69, 9.17) is 5.73 Å². The van der Waals surface area contributed by atoms with Crippen molar-refractivity contribution >= 4 is 45.6 Å². The molecule has 6 heteroatoms. The maximum Gasteiger partial charge on any atom is 0.225 e. The number of halogens is 2. The first-order valence-corrected chi connectivity index (χ1v) is 6.45. The summed E-state index contributed by atoms with van der Waals surface area (Å²) in [6, 6.07) is 4.05. The number of nitrogens with two attached hydrogens (primary N) is 1. The molecule has 0 spiro atoms. The van der Waals surface area contributed by atoms with Gasteiger partial charge in [0.25, 0.3) is 0 Å². The van der Waals surface area contributed by atoms with Crippen LogP contribution in [0.25, 0.3) is 0 Å². The number of rotatable bonds is 5. The first kappa shape index (κ1) is 15.9. The summed E-state index contributed by atoms with van der Waals surface area (Å²) in [6.07, 6.45) is 1.27. The molecule has 1 heterocycles. The van der Waals surface area contributed by atoms with Crippen molar-refractivity contribution in [2.45, 2.75) is 25.8 Å². The van der Waals surface area contributed by atoms with Gasteiger partial charge >= 0.3 is 0 Å². The summed E-state index contributed by atoms with van der Waals surface area (Å²) in [6.45, 7) is 2.59. The standard InChI is InChI=1S/C10H15BrN2OS.ClH/c1-7(12)4-5-13-10(14)6-8-2-3-9(11)15-8;/h2-3,7H,4-6,12H2,1H3,(H,13,14);1H. The van der Waals surface area contributed by atoms with Crippen molar-refractivity contribution in [1.29, 1.82) is 0 Å². The van der Waals surface area contributed by atoms with Gasteiger partial charge in [-0.05, 0) is 41.4 Å². The largest absolute Gasteiger partial charge is 0.356 e. The highest BCUT2D eigenvalue weighted by atomic mass is 79.9. The van der Waals surface area contributed by atoms with Crippen LogP contribution in [0.5, 0.6) is 0 Å². The van der Waals surface area contributed by atoms with Crippen molar-refractivity contribution in [2.75, 3.05) is 6.54 Å². The highest BCUT2D eigenvalue weighted by molar-refractivity contribution is 9.11. The van der Waals surface area contributed by atoms with Gasteiger partial charge in [0, 0.05) is 17.5 Å². The highest BCUT2D eigenvalue weighted by Gasteiger charge is 2.05. The molecule has 0 radical (unpaired) electrons. The van der Waals surface area contributed by atoms with Gasteiger partial charge in [0.15, 0.2) is 0 Å². The van der Waals surface area contributed by atoms with Crippen molar-refractivity contribution in [2.24, 2.45) is 5.73 Å². The van der Waals surface area contributed by atoms with Gasteiger partial charge in [-0.2, -0.15) is 0 Å². The van der Waals surface area contributed by atoms with Crippen LogP contribution in [0.4, 0.5) is 0 Å². The normalized spacial score (nSPS) is 11.7. The second-order valence-electron chi connectivity index (χ2n) is 3.50. The fourth-order valence-electron chi connectivity index (χ4n) is 1.11. The molecule has 1 rings (SSSR count). The van der Waals surface area contributed by atoms with Crippen molar-refractivity contribution in [3.8, 4) is 0 Å². The number of carbonyl (C=O) groups is 1. The van der Waals surface area contributed by atoms with Gasteiger partial charge in [-0.1, -0.05) is 0 Å². The zero-order chi connectivity index (χ0) is 11.3. The summed E-state index contributed by atoms with van der Waals surface area (Å²) in [5.41, 5.74) is 5.58. The molecular weight excluding hydrogens is 312 g/mol. The van der Waals surface area contributed by atoms with E-state index in [0.29, 0.717) is 13.0 Å². The van der Waals surface area contributed by atoms with Gasteiger partial charge in [-0.15, -0.1) is 23.7 Å². The van der Waals surface area contributed by atoms with Gasteiger partial charge < -0.3 is 11.1 Å². The quantitative estimate of drug-likeness (QED) is 0.872. The Balaban J connectivity index is 0.00000225. The predicted molar refractivity (Wildman–Crippen MR) is 74.2 cm³/mol. The Bertz CT molecular complexity index is 330. The minimum Gasteiger partial charge on any atom is -0.356 e. The van der Waals surface area contributed by atoms with Crippen LogP contribution in [-0.4, -0.2) is 18.5 Å². The van der Waals surface area contributed by atoms with Crippen molar-refractivity contribution in [3.05, 3.63) is 20.8 Å². The molecule has 3 N–H and O–H groups in total. The second-order valence-corrected chi connectivity index (χ2v) is 6.05. The average Bonchev–Trinajstić information content (AvgIpc) is 2.50. The number of nitrogens with one attached hydrogen (secondary N) is 1. The smallest absolute Gasteiger partial charge is 0.225 e. The van der Waals surface area contributed by atoms with Crippen LogP contribution in [0.1, 0.15) is 18.2 Å².